The number of hydrogen-bond acceptors (Lipinski definition) is 5. The van der Waals surface area contributed by atoms with Gasteiger partial charge in [-0.15, -0.1) is 0 Å². The van der Waals surface area contributed by atoms with Crippen LogP contribution in [0.2, 0.25) is 0 Å². The van der Waals surface area contributed by atoms with Crippen LogP contribution in [-0.4, -0.2) is 50.9 Å². The van der Waals surface area contributed by atoms with Crippen molar-refractivity contribution in [1.82, 2.24) is 10.2 Å². The number of carbonyl (C=O) groups excluding carboxylic acids is 2. The van der Waals surface area contributed by atoms with Gasteiger partial charge in [-0.05, 0) is 73.4 Å². The van der Waals surface area contributed by atoms with E-state index in [9.17, 15) is 18.0 Å². The second-order valence-electron chi connectivity index (χ2n) is 11.0. The third-order valence-electron chi connectivity index (χ3n) is 7.84. The summed E-state index contributed by atoms with van der Waals surface area (Å²) in [5.74, 6) is -0.282. The summed E-state index contributed by atoms with van der Waals surface area (Å²) >= 11 is 0. The molecule has 1 N–H and O–H groups in total. The van der Waals surface area contributed by atoms with Gasteiger partial charge >= 0.3 is 0 Å². The van der Waals surface area contributed by atoms with Gasteiger partial charge in [-0.2, -0.15) is 0 Å². The summed E-state index contributed by atoms with van der Waals surface area (Å²) in [6.45, 7) is 5.47. The Labute approximate surface area is 266 Å². The maximum atomic E-state index is 14.5. The van der Waals surface area contributed by atoms with Crippen LogP contribution in [0.1, 0.15) is 37.0 Å². The van der Waals surface area contributed by atoms with Crippen LogP contribution in [0.15, 0.2) is 114 Å². The molecular formula is C36H41N3O5S. The molecular weight excluding hydrogens is 586 g/mol. The lowest BCUT2D eigenvalue weighted by molar-refractivity contribution is -0.140. The number of para-hydroxylation sites is 1. The predicted molar refractivity (Wildman–Crippen MR) is 178 cm³/mol. The Kier molecular flexibility index (Phi) is 11.4. The minimum atomic E-state index is -4.19. The molecule has 0 aromatic heterocycles. The molecule has 0 bridgehead atoms. The van der Waals surface area contributed by atoms with E-state index in [1.807, 2.05) is 75.4 Å². The number of anilines is 1. The molecule has 0 fully saturated rings. The average Bonchev–Trinajstić information content (AvgIpc) is 3.06. The Hall–Kier alpha value is -4.63. The largest absolute Gasteiger partial charge is 0.497 e. The van der Waals surface area contributed by atoms with Gasteiger partial charge in [0.1, 0.15) is 18.3 Å². The lowest BCUT2D eigenvalue weighted by Gasteiger charge is -2.34. The van der Waals surface area contributed by atoms with Crippen molar-refractivity contribution in [2.24, 2.45) is 0 Å². The number of carbonyl (C=O) groups is 2. The molecule has 0 radical (unpaired) electrons. The molecule has 0 heterocycles. The third-order valence-corrected chi connectivity index (χ3v) is 9.63. The van der Waals surface area contributed by atoms with Crippen LogP contribution < -0.4 is 14.4 Å². The van der Waals surface area contributed by atoms with Gasteiger partial charge in [-0.1, -0.05) is 79.7 Å². The quantitative estimate of drug-likeness (QED) is 0.192. The summed E-state index contributed by atoms with van der Waals surface area (Å²) in [5.41, 5.74) is 3.04. The summed E-state index contributed by atoms with van der Waals surface area (Å²) in [5, 5.41) is 3.06. The number of aryl methyl sites for hydroxylation is 1. The van der Waals surface area contributed by atoms with Gasteiger partial charge in [0.2, 0.25) is 11.8 Å². The van der Waals surface area contributed by atoms with Gasteiger partial charge < -0.3 is 15.0 Å². The van der Waals surface area contributed by atoms with E-state index in [0.717, 1.165) is 27.4 Å². The molecule has 0 aliphatic heterocycles. The van der Waals surface area contributed by atoms with E-state index in [1.165, 1.54) is 24.1 Å². The van der Waals surface area contributed by atoms with Crippen LogP contribution in [0.25, 0.3) is 0 Å². The molecule has 0 aliphatic rings. The standard InChI is InChI=1S/C36H41N3O5S/c1-5-28(3)37-36(41)34(24-29-15-8-6-9-16-29)38(25-30-17-13-12-14-27(30)2)35(40)26-39(31-18-10-7-11-19-31)45(42,43)33-22-20-32(44-4)21-23-33/h6-23,28,34H,5,24-26H2,1-4H3,(H,37,41)/t28-,34+/m1/s1. The molecule has 2 atom stereocenters. The van der Waals surface area contributed by atoms with E-state index in [2.05, 4.69) is 5.32 Å². The van der Waals surface area contributed by atoms with Crippen LogP contribution in [-0.2, 0) is 32.6 Å². The van der Waals surface area contributed by atoms with Gasteiger partial charge in [-0.3, -0.25) is 13.9 Å². The van der Waals surface area contributed by atoms with Gasteiger partial charge in [-0.25, -0.2) is 8.42 Å². The van der Waals surface area contributed by atoms with E-state index < -0.39 is 28.5 Å². The first-order valence-electron chi connectivity index (χ1n) is 15.0. The topological polar surface area (TPSA) is 96.0 Å². The molecule has 4 aromatic rings. The van der Waals surface area contributed by atoms with Crippen molar-refractivity contribution in [3.05, 3.63) is 126 Å². The molecule has 0 saturated heterocycles. The monoisotopic (exact) mass is 627 g/mol. The first-order valence-corrected chi connectivity index (χ1v) is 16.5. The van der Waals surface area contributed by atoms with Gasteiger partial charge in [0.25, 0.3) is 10.0 Å². The van der Waals surface area contributed by atoms with Gasteiger partial charge in [0.15, 0.2) is 0 Å². The minimum Gasteiger partial charge on any atom is -0.497 e. The minimum absolute atomic E-state index is 0.0146. The smallest absolute Gasteiger partial charge is 0.264 e. The zero-order chi connectivity index (χ0) is 32.4. The van der Waals surface area contributed by atoms with Crippen molar-refractivity contribution in [2.75, 3.05) is 18.0 Å². The maximum Gasteiger partial charge on any atom is 0.264 e. The molecule has 45 heavy (non-hydrogen) atoms. The van der Waals surface area contributed by atoms with E-state index >= 15 is 0 Å². The van der Waals surface area contributed by atoms with Gasteiger partial charge in [0, 0.05) is 19.0 Å². The second kappa shape index (κ2) is 15.4. The second-order valence-corrected chi connectivity index (χ2v) is 12.9. The highest BCUT2D eigenvalue weighted by atomic mass is 32.2. The number of nitrogens with zero attached hydrogens (tertiary/aromatic N) is 2. The molecule has 4 aromatic carbocycles. The summed E-state index contributed by atoms with van der Waals surface area (Å²) in [4.78, 5) is 30.0. The fourth-order valence-electron chi connectivity index (χ4n) is 4.96. The molecule has 0 unspecified atom stereocenters. The zero-order valence-electron chi connectivity index (χ0n) is 26.2. The SMILES string of the molecule is CC[C@@H](C)NC(=O)[C@H](Cc1ccccc1)N(Cc1ccccc1C)C(=O)CN(c1ccccc1)S(=O)(=O)c1ccc(OC)cc1. The fourth-order valence-corrected chi connectivity index (χ4v) is 6.38. The number of benzene rings is 4. The number of methoxy groups -OCH3 is 1. The van der Waals surface area contributed by atoms with Crippen molar-refractivity contribution in [3.8, 4) is 5.75 Å². The summed E-state index contributed by atoms with van der Waals surface area (Å²) in [6.07, 6.45) is 0.981. The number of sulfonamides is 1. The van der Waals surface area contributed by atoms with Crippen LogP contribution in [0.3, 0.4) is 0 Å². The Balaban J connectivity index is 1.79. The summed E-state index contributed by atoms with van der Waals surface area (Å²) < 4.78 is 34.6. The Morgan fingerprint density at radius 3 is 2.04 bits per heavy atom. The van der Waals surface area contributed by atoms with Gasteiger partial charge in [0.05, 0.1) is 17.7 Å². The van der Waals surface area contributed by atoms with E-state index in [4.69, 9.17) is 4.74 Å². The molecule has 2 amide bonds. The first-order chi connectivity index (χ1) is 21.6. The lowest BCUT2D eigenvalue weighted by Crippen LogP contribution is -2.54. The number of hydrogen-bond donors (Lipinski definition) is 1. The maximum absolute atomic E-state index is 14.5. The number of ether oxygens (including phenoxy) is 1. The molecule has 0 spiro atoms. The molecule has 9 heteroatoms. The van der Waals surface area contributed by atoms with Crippen molar-refractivity contribution in [2.45, 2.75) is 57.1 Å². The van der Waals surface area contributed by atoms with Crippen molar-refractivity contribution >= 4 is 27.5 Å². The number of rotatable bonds is 14. The third kappa shape index (κ3) is 8.51. The molecule has 8 nitrogen and oxygen atoms in total. The lowest BCUT2D eigenvalue weighted by atomic mass is 10.0. The Morgan fingerprint density at radius 1 is 0.844 bits per heavy atom. The van der Waals surface area contributed by atoms with Crippen LogP contribution in [0, 0.1) is 6.92 Å². The van der Waals surface area contributed by atoms with Crippen LogP contribution >= 0.6 is 0 Å². The number of amides is 2. The normalized spacial score (nSPS) is 12.5. The molecule has 0 aliphatic carbocycles. The average molecular weight is 628 g/mol. The highest BCUT2D eigenvalue weighted by Crippen LogP contribution is 2.26. The Morgan fingerprint density at radius 2 is 1.44 bits per heavy atom. The molecule has 4 rings (SSSR count). The summed E-state index contributed by atoms with van der Waals surface area (Å²) in [7, 11) is -2.68. The molecule has 236 valence electrons. The highest BCUT2D eigenvalue weighted by molar-refractivity contribution is 7.92. The highest BCUT2D eigenvalue weighted by Gasteiger charge is 2.35. The predicted octanol–water partition coefficient (Wildman–Crippen LogP) is 5.75. The van der Waals surface area contributed by atoms with E-state index in [-0.39, 0.29) is 29.8 Å². The first kappa shape index (κ1) is 33.3. The zero-order valence-corrected chi connectivity index (χ0v) is 27.0. The van der Waals surface area contributed by atoms with Crippen molar-refractivity contribution < 1.29 is 22.7 Å². The van der Waals surface area contributed by atoms with Crippen LogP contribution in [0.4, 0.5) is 5.69 Å². The van der Waals surface area contributed by atoms with Crippen molar-refractivity contribution in [1.29, 1.82) is 0 Å². The number of nitrogens with one attached hydrogen (secondary N) is 1. The van der Waals surface area contributed by atoms with Crippen molar-refractivity contribution in [3.63, 3.8) is 0 Å². The van der Waals surface area contributed by atoms with E-state index in [1.54, 1.807) is 42.5 Å². The fraction of sp³-hybridized carbons (Fsp3) is 0.278. The van der Waals surface area contributed by atoms with E-state index in [0.29, 0.717) is 11.4 Å². The van der Waals surface area contributed by atoms with Crippen LogP contribution in [0.5, 0.6) is 5.75 Å². The Bertz CT molecular complexity index is 1660. The summed E-state index contributed by atoms with van der Waals surface area (Å²) in [6, 6.07) is 30.8. The molecule has 0 saturated carbocycles.